The number of likely N-dealkylation sites (N-methyl/N-ethyl adjacent to an activating group) is 1. The molecule has 0 saturated heterocycles. The van der Waals surface area contributed by atoms with E-state index in [1.807, 2.05) is 6.07 Å². The normalized spacial score (nSPS) is 15.4. The monoisotopic (exact) mass is 280 g/mol. The molecule has 19 heavy (non-hydrogen) atoms. The van der Waals surface area contributed by atoms with Crippen LogP contribution in [0.2, 0.25) is 0 Å². The van der Waals surface area contributed by atoms with Crippen LogP contribution in [-0.4, -0.2) is 47.3 Å². The van der Waals surface area contributed by atoms with Gasteiger partial charge in [-0.1, -0.05) is 0 Å². The lowest BCUT2D eigenvalue weighted by molar-refractivity contribution is -0.113. The molecule has 1 aromatic carbocycles. The van der Waals surface area contributed by atoms with Crippen LogP contribution in [0.5, 0.6) is 0 Å². The minimum Gasteiger partial charge on any atom is -0.392 e. The number of benzene rings is 1. The third-order valence-electron chi connectivity index (χ3n) is 2.74. The van der Waals surface area contributed by atoms with E-state index in [9.17, 15) is 14.7 Å². The van der Waals surface area contributed by atoms with Gasteiger partial charge in [0.15, 0.2) is 0 Å². The second kappa shape index (κ2) is 5.63. The van der Waals surface area contributed by atoms with Crippen LogP contribution < -0.4 is 5.32 Å². The highest BCUT2D eigenvalue weighted by Crippen LogP contribution is 2.32. The molecule has 2 N–H and O–H groups in total. The van der Waals surface area contributed by atoms with Crippen LogP contribution in [-0.2, 0) is 4.79 Å². The maximum Gasteiger partial charge on any atom is 0.253 e. The van der Waals surface area contributed by atoms with E-state index in [1.54, 1.807) is 26.1 Å². The summed E-state index contributed by atoms with van der Waals surface area (Å²) in [5.41, 5.74) is 1.18. The van der Waals surface area contributed by atoms with Crippen molar-refractivity contribution in [1.29, 1.82) is 0 Å². The van der Waals surface area contributed by atoms with E-state index in [2.05, 4.69) is 5.32 Å². The summed E-state index contributed by atoms with van der Waals surface area (Å²) >= 11 is 1.46. The topological polar surface area (TPSA) is 69.6 Å². The van der Waals surface area contributed by atoms with Gasteiger partial charge < -0.3 is 15.3 Å². The molecule has 1 atom stereocenters. The molecular formula is C13H16N2O3S. The summed E-state index contributed by atoms with van der Waals surface area (Å²) in [6.07, 6.45) is -0.568. The molecule has 0 saturated carbocycles. The number of hydrogen-bond donors (Lipinski definition) is 2. The Morgan fingerprint density at radius 3 is 3.00 bits per heavy atom. The average Bonchev–Trinajstić information content (AvgIpc) is 2.36. The van der Waals surface area contributed by atoms with Gasteiger partial charge in [-0.2, -0.15) is 0 Å². The fourth-order valence-corrected chi connectivity index (χ4v) is 2.70. The van der Waals surface area contributed by atoms with Gasteiger partial charge in [-0.05, 0) is 25.1 Å². The summed E-state index contributed by atoms with van der Waals surface area (Å²) in [6.45, 7) is 1.91. The van der Waals surface area contributed by atoms with Gasteiger partial charge in [-0.25, -0.2) is 0 Å². The molecule has 1 aromatic rings. The van der Waals surface area contributed by atoms with Gasteiger partial charge in [-0.3, -0.25) is 9.59 Å². The third-order valence-corrected chi connectivity index (χ3v) is 3.82. The van der Waals surface area contributed by atoms with Crippen molar-refractivity contribution in [3.8, 4) is 0 Å². The number of nitrogens with one attached hydrogen (secondary N) is 1. The molecule has 0 aliphatic carbocycles. The molecule has 2 rings (SSSR count). The lowest BCUT2D eigenvalue weighted by atomic mass is 10.1. The molecule has 1 aliphatic rings. The lowest BCUT2D eigenvalue weighted by Gasteiger charge is -2.21. The Morgan fingerprint density at radius 1 is 1.58 bits per heavy atom. The summed E-state index contributed by atoms with van der Waals surface area (Å²) in [5, 5.41) is 12.0. The van der Waals surface area contributed by atoms with Crippen molar-refractivity contribution in [2.75, 3.05) is 24.7 Å². The number of carbonyl (C=O) groups is 2. The van der Waals surface area contributed by atoms with Crippen molar-refractivity contribution in [3.63, 3.8) is 0 Å². The van der Waals surface area contributed by atoms with Gasteiger partial charge in [0.2, 0.25) is 5.91 Å². The Kier molecular flexibility index (Phi) is 4.11. The van der Waals surface area contributed by atoms with Crippen molar-refractivity contribution in [1.82, 2.24) is 4.90 Å². The second-order valence-corrected chi connectivity index (χ2v) is 5.60. The van der Waals surface area contributed by atoms with E-state index in [-0.39, 0.29) is 18.4 Å². The highest BCUT2D eigenvalue weighted by Gasteiger charge is 2.19. The first-order valence-electron chi connectivity index (χ1n) is 5.97. The molecule has 5 nitrogen and oxygen atoms in total. The molecule has 1 heterocycles. The number of anilines is 1. The molecule has 1 aliphatic heterocycles. The number of fused-ring (bicyclic) bond motifs is 1. The Labute approximate surface area is 116 Å². The number of nitrogens with zero attached hydrogens (tertiary/aromatic N) is 1. The Balaban J connectivity index is 2.19. The molecule has 6 heteroatoms. The predicted octanol–water partition coefficient (Wildman–Crippen LogP) is 1.18. The summed E-state index contributed by atoms with van der Waals surface area (Å²) < 4.78 is 0. The summed E-state index contributed by atoms with van der Waals surface area (Å²) in [7, 11) is 1.64. The van der Waals surface area contributed by atoms with E-state index in [1.165, 1.54) is 16.7 Å². The molecule has 102 valence electrons. The van der Waals surface area contributed by atoms with Crippen LogP contribution in [0.25, 0.3) is 0 Å². The van der Waals surface area contributed by atoms with Crippen molar-refractivity contribution in [2.45, 2.75) is 17.9 Å². The number of carbonyl (C=O) groups excluding carboxylic acids is 2. The number of hydrogen-bond acceptors (Lipinski definition) is 4. The molecule has 0 spiro atoms. The van der Waals surface area contributed by atoms with Gasteiger partial charge in [0, 0.05) is 24.1 Å². The third kappa shape index (κ3) is 3.27. The molecule has 0 aromatic heterocycles. The number of aliphatic hydroxyl groups is 1. The van der Waals surface area contributed by atoms with E-state index in [0.717, 1.165) is 4.90 Å². The largest absolute Gasteiger partial charge is 0.392 e. The van der Waals surface area contributed by atoms with Gasteiger partial charge in [0.25, 0.3) is 5.91 Å². The van der Waals surface area contributed by atoms with Crippen molar-refractivity contribution >= 4 is 29.3 Å². The van der Waals surface area contributed by atoms with Crippen LogP contribution >= 0.6 is 11.8 Å². The molecule has 0 fully saturated rings. The first kappa shape index (κ1) is 13.9. The number of rotatable bonds is 3. The van der Waals surface area contributed by atoms with Crippen molar-refractivity contribution < 1.29 is 14.7 Å². The average molecular weight is 280 g/mol. The predicted molar refractivity (Wildman–Crippen MR) is 74.4 cm³/mol. The van der Waals surface area contributed by atoms with Crippen LogP contribution in [0.4, 0.5) is 5.69 Å². The molecule has 2 amide bonds. The highest BCUT2D eigenvalue weighted by atomic mass is 32.2. The lowest BCUT2D eigenvalue weighted by Crippen LogP contribution is -2.33. The fourth-order valence-electron chi connectivity index (χ4n) is 1.92. The molecule has 0 bridgehead atoms. The first-order chi connectivity index (χ1) is 8.97. The number of thioether (sulfide) groups is 1. The van der Waals surface area contributed by atoms with Gasteiger partial charge in [0.1, 0.15) is 0 Å². The quantitative estimate of drug-likeness (QED) is 0.872. The van der Waals surface area contributed by atoms with Gasteiger partial charge >= 0.3 is 0 Å². The van der Waals surface area contributed by atoms with Gasteiger partial charge in [0.05, 0.1) is 17.5 Å². The molecular weight excluding hydrogens is 264 g/mol. The molecule has 1 unspecified atom stereocenters. The van der Waals surface area contributed by atoms with E-state index < -0.39 is 6.10 Å². The SMILES string of the molecule is CC(O)CN(C)C(=O)c1ccc2c(c1)NC(=O)CS2. The maximum absolute atomic E-state index is 12.1. The van der Waals surface area contributed by atoms with Crippen LogP contribution in [0, 0.1) is 0 Å². The van der Waals surface area contributed by atoms with Crippen LogP contribution in [0.3, 0.4) is 0 Å². The van der Waals surface area contributed by atoms with E-state index >= 15 is 0 Å². The summed E-state index contributed by atoms with van der Waals surface area (Å²) in [5.74, 6) is 0.176. The zero-order valence-electron chi connectivity index (χ0n) is 10.8. The zero-order chi connectivity index (χ0) is 14.0. The smallest absolute Gasteiger partial charge is 0.253 e. The number of amides is 2. The summed E-state index contributed by atoms with van der Waals surface area (Å²) in [6, 6.07) is 5.26. The van der Waals surface area contributed by atoms with E-state index in [4.69, 9.17) is 0 Å². The minimum absolute atomic E-state index is 0.0561. The Bertz CT molecular complexity index is 517. The Hall–Kier alpha value is -1.53. The summed E-state index contributed by atoms with van der Waals surface area (Å²) in [4.78, 5) is 25.9. The highest BCUT2D eigenvalue weighted by molar-refractivity contribution is 8.00. The van der Waals surface area contributed by atoms with Crippen molar-refractivity contribution in [2.24, 2.45) is 0 Å². The second-order valence-electron chi connectivity index (χ2n) is 4.58. The molecule has 0 radical (unpaired) electrons. The van der Waals surface area contributed by atoms with Crippen LogP contribution in [0.15, 0.2) is 23.1 Å². The van der Waals surface area contributed by atoms with E-state index in [0.29, 0.717) is 17.0 Å². The zero-order valence-corrected chi connectivity index (χ0v) is 11.7. The fraction of sp³-hybridized carbons (Fsp3) is 0.385. The number of aliphatic hydroxyl groups excluding tert-OH is 1. The minimum atomic E-state index is -0.568. The van der Waals surface area contributed by atoms with Gasteiger partial charge in [-0.15, -0.1) is 11.8 Å². The maximum atomic E-state index is 12.1. The van der Waals surface area contributed by atoms with Crippen LogP contribution in [0.1, 0.15) is 17.3 Å². The standard InChI is InChI=1S/C13H16N2O3S/c1-8(16)6-15(2)13(18)9-3-4-11-10(5-9)14-12(17)7-19-11/h3-5,8,16H,6-7H2,1-2H3,(H,14,17). The Morgan fingerprint density at radius 2 is 2.32 bits per heavy atom. The first-order valence-corrected chi connectivity index (χ1v) is 6.96. The van der Waals surface area contributed by atoms with Crippen molar-refractivity contribution in [3.05, 3.63) is 23.8 Å².